The third-order valence-electron chi connectivity index (χ3n) is 3.37. The number of benzene rings is 2. The predicted octanol–water partition coefficient (Wildman–Crippen LogP) is 2.14. The normalized spacial score (nSPS) is 10.2. The van der Waals surface area contributed by atoms with Crippen LogP contribution in [0, 0.1) is 0 Å². The summed E-state index contributed by atoms with van der Waals surface area (Å²) < 4.78 is 5.12. The molecule has 0 aliphatic rings. The first-order valence-electron chi connectivity index (χ1n) is 7.42. The molecule has 0 saturated carbocycles. The van der Waals surface area contributed by atoms with E-state index in [0.29, 0.717) is 13.1 Å². The van der Waals surface area contributed by atoms with Gasteiger partial charge in [-0.25, -0.2) is 0 Å². The lowest BCUT2D eigenvalue weighted by atomic mass is 10.1. The highest BCUT2D eigenvalue weighted by Gasteiger charge is 2.01. The van der Waals surface area contributed by atoms with E-state index in [0.717, 1.165) is 24.3 Å². The van der Waals surface area contributed by atoms with Crippen LogP contribution in [-0.2, 0) is 17.8 Å². The third-order valence-corrected chi connectivity index (χ3v) is 3.37. The first kappa shape index (κ1) is 16.0. The van der Waals surface area contributed by atoms with E-state index >= 15 is 0 Å². The smallest absolute Gasteiger partial charge is 0.234 e. The molecule has 2 N–H and O–H groups in total. The minimum atomic E-state index is 0.0126. The number of amides is 1. The minimum absolute atomic E-state index is 0.0126. The number of carbonyl (C=O) groups excluding carboxylic acids is 1. The predicted molar refractivity (Wildman–Crippen MR) is 87.9 cm³/mol. The second-order valence-corrected chi connectivity index (χ2v) is 5.04. The number of ether oxygens (including phenoxy) is 1. The second kappa shape index (κ2) is 8.85. The quantitative estimate of drug-likeness (QED) is 0.734. The molecule has 0 aliphatic heterocycles. The molecule has 0 fully saturated rings. The van der Waals surface area contributed by atoms with Crippen LogP contribution in [0.15, 0.2) is 54.6 Å². The molecule has 116 valence electrons. The van der Waals surface area contributed by atoms with Crippen molar-refractivity contribution in [2.75, 3.05) is 20.2 Å². The summed E-state index contributed by atoms with van der Waals surface area (Å²) in [6.07, 6.45) is 0.885. The van der Waals surface area contributed by atoms with Crippen molar-refractivity contribution in [2.24, 2.45) is 0 Å². The Morgan fingerprint density at radius 3 is 2.41 bits per heavy atom. The summed E-state index contributed by atoms with van der Waals surface area (Å²) in [7, 11) is 1.66. The maximum absolute atomic E-state index is 11.7. The standard InChI is InChI=1S/C18H22N2O2/c1-22-17-9-7-15(8-10-17)11-12-19-14-18(21)20-13-16-5-3-2-4-6-16/h2-10,19H,11-14H2,1H3,(H,20,21). The van der Waals surface area contributed by atoms with Gasteiger partial charge >= 0.3 is 0 Å². The molecule has 0 unspecified atom stereocenters. The summed E-state index contributed by atoms with van der Waals surface area (Å²) >= 11 is 0. The van der Waals surface area contributed by atoms with Crippen molar-refractivity contribution in [1.82, 2.24) is 10.6 Å². The molecule has 0 spiro atoms. The SMILES string of the molecule is COc1ccc(CCNCC(=O)NCc2ccccc2)cc1. The van der Waals surface area contributed by atoms with Gasteiger partial charge in [-0.1, -0.05) is 42.5 Å². The molecule has 0 atom stereocenters. The lowest BCUT2D eigenvalue weighted by Gasteiger charge is -2.07. The van der Waals surface area contributed by atoms with Gasteiger partial charge in [0.05, 0.1) is 13.7 Å². The third kappa shape index (κ3) is 5.58. The number of rotatable bonds is 8. The lowest BCUT2D eigenvalue weighted by molar-refractivity contribution is -0.120. The maximum Gasteiger partial charge on any atom is 0.234 e. The van der Waals surface area contributed by atoms with Crippen molar-refractivity contribution in [2.45, 2.75) is 13.0 Å². The lowest BCUT2D eigenvalue weighted by Crippen LogP contribution is -2.34. The first-order chi connectivity index (χ1) is 10.8. The van der Waals surface area contributed by atoms with Crippen LogP contribution in [0.25, 0.3) is 0 Å². The zero-order valence-electron chi connectivity index (χ0n) is 12.8. The van der Waals surface area contributed by atoms with E-state index < -0.39 is 0 Å². The molecule has 22 heavy (non-hydrogen) atoms. The molecular formula is C18H22N2O2. The van der Waals surface area contributed by atoms with Crippen LogP contribution in [0.5, 0.6) is 5.75 Å². The van der Waals surface area contributed by atoms with Gasteiger partial charge in [0.1, 0.15) is 5.75 Å². The Morgan fingerprint density at radius 1 is 1.00 bits per heavy atom. The van der Waals surface area contributed by atoms with Gasteiger partial charge in [0.25, 0.3) is 0 Å². The van der Waals surface area contributed by atoms with Crippen molar-refractivity contribution < 1.29 is 9.53 Å². The molecule has 0 bridgehead atoms. The number of methoxy groups -OCH3 is 1. The van der Waals surface area contributed by atoms with Crippen LogP contribution in [0.3, 0.4) is 0 Å². The number of carbonyl (C=O) groups is 1. The Morgan fingerprint density at radius 2 is 1.73 bits per heavy atom. The summed E-state index contributed by atoms with van der Waals surface area (Å²) in [5.41, 5.74) is 2.33. The van der Waals surface area contributed by atoms with Crippen molar-refractivity contribution in [3.05, 3.63) is 65.7 Å². The van der Waals surface area contributed by atoms with Gasteiger partial charge in [0.15, 0.2) is 0 Å². The van der Waals surface area contributed by atoms with E-state index in [-0.39, 0.29) is 5.91 Å². The van der Waals surface area contributed by atoms with Gasteiger partial charge in [0.2, 0.25) is 5.91 Å². The zero-order chi connectivity index (χ0) is 15.6. The Labute approximate surface area is 131 Å². The van der Waals surface area contributed by atoms with Gasteiger partial charge in [-0.3, -0.25) is 4.79 Å². The van der Waals surface area contributed by atoms with E-state index in [1.807, 2.05) is 54.6 Å². The highest BCUT2D eigenvalue weighted by molar-refractivity contribution is 5.77. The van der Waals surface area contributed by atoms with E-state index in [1.165, 1.54) is 5.56 Å². The van der Waals surface area contributed by atoms with Gasteiger partial charge in [-0.05, 0) is 36.2 Å². The van der Waals surface area contributed by atoms with Crippen molar-refractivity contribution in [1.29, 1.82) is 0 Å². The molecule has 0 aliphatic carbocycles. The molecule has 0 aromatic heterocycles. The molecule has 0 radical (unpaired) electrons. The summed E-state index contributed by atoms with van der Waals surface area (Å²) in [4.78, 5) is 11.7. The fourth-order valence-corrected chi connectivity index (χ4v) is 2.09. The average molecular weight is 298 g/mol. The van der Waals surface area contributed by atoms with Crippen LogP contribution >= 0.6 is 0 Å². The Balaban J connectivity index is 1.60. The monoisotopic (exact) mass is 298 g/mol. The van der Waals surface area contributed by atoms with E-state index in [9.17, 15) is 4.79 Å². The summed E-state index contributed by atoms with van der Waals surface area (Å²) in [5, 5.41) is 6.05. The van der Waals surface area contributed by atoms with Crippen LogP contribution in [0.2, 0.25) is 0 Å². The largest absolute Gasteiger partial charge is 0.497 e. The molecule has 1 amide bonds. The van der Waals surface area contributed by atoms with Gasteiger partial charge < -0.3 is 15.4 Å². The highest BCUT2D eigenvalue weighted by Crippen LogP contribution is 2.11. The number of hydrogen-bond acceptors (Lipinski definition) is 3. The van der Waals surface area contributed by atoms with Crippen molar-refractivity contribution in [3.8, 4) is 5.75 Å². The minimum Gasteiger partial charge on any atom is -0.497 e. The van der Waals surface area contributed by atoms with Crippen molar-refractivity contribution >= 4 is 5.91 Å². The van der Waals surface area contributed by atoms with E-state index in [4.69, 9.17) is 4.74 Å². The fourth-order valence-electron chi connectivity index (χ4n) is 2.09. The molecule has 2 aromatic carbocycles. The Bertz CT molecular complexity index is 567. The van der Waals surface area contributed by atoms with Crippen LogP contribution in [0.4, 0.5) is 0 Å². The van der Waals surface area contributed by atoms with Gasteiger partial charge in [0, 0.05) is 6.54 Å². The molecule has 0 heterocycles. The summed E-state index contributed by atoms with van der Waals surface area (Å²) in [6, 6.07) is 17.9. The molecule has 2 rings (SSSR count). The second-order valence-electron chi connectivity index (χ2n) is 5.04. The zero-order valence-corrected chi connectivity index (χ0v) is 12.8. The maximum atomic E-state index is 11.7. The van der Waals surface area contributed by atoms with Crippen LogP contribution < -0.4 is 15.4 Å². The Kier molecular flexibility index (Phi) is 6.45. The molecule has 2 aromatic rings. The van der Waals surface area contributed by atoms with Gasteiger partial charge in [-0.15, -0.1) is 0 Å². The summed E-state index contributed by atoms with van der Waals surface area (Å²) in [6.45, 7) is 1.67. The van der Waals surface area contributed by atoms with E-state index in [2.05, 4.69) is 10.6 Å². The topological polar surface area (TPSA) is 50.4 Å². The summed E-state index contributed by atoms with van der Waals surface area (Å²) in [5.74, 6) is 0.871. The highest BCUT2D eigenvalue weighted by atomic mass is 16.5. The Hall–Kier alpha value is -2.33. The number of hydrogen-bond donors (Lipinski definition) is 2. The first-order valence-corrected chi connectivity index (χ1v) is 7.42. The molecular weight excluding hydrogens is 276 g/mol. The molecule has 4 nitrogen and oxygen atoms in total. The fraction of sp³-hybridized carbons (Fsp3) is 0.278. The molecule has 0 saturated heterocycles. The van der Waals surface area contributed by atoms with E-state index in [1.54, 1.807) is 7.11 Å². The van der Waals surface area contributed by atoms with Crippen molar-refractivity contribution in [3.63, 3.8) is 0 Å². The van der Waals surface area contributed by atoms with Crippen LogP contribution in [0.1, 0.15) is 11.1 Å². The average Bonchev–Trinajstić information content (AvgIpc) is 2.58. The number of nitrogens with one attached hydrogen (secondary N) is 2. The van der Waals surface area contributed by atoms with Gasteiger partial charge in [-0.2, -0.15) is 0 Å². The molecule has 4 heteroatoms. The van der Waals surface area contributed by atoms with Crippen LogP contribution in [-0.4, -0.2) is 26.1 Å².